The van der Waals surface area contributed by atoms with Crippen molar-refractivity contribution in [3.63, 3.8) is 0 Å². The van der Waals surface area contributed by atoms with Gasteiger partial charge in [0.25, 0.3) is 0 Å². The minimum Gasteiger partial charge on any atom is -0.333 e. The van der Waals surface area contributed by atoms with Crippen molar-refractivity contribution in [2.24, 2.45) is 18.0 Å². The zero-order valence-electron chi connectivity index (χ0n) is 5.15. The fourth-order valence-electron chi connectivity index (χ4n) is 0.568. The van der Waals surface area contributed by atoms with Gasteiger partial charge >= 0.3 is 0 Å². The van der Waals surface area contributed by atoms with E-state index in [4.69, 9.17) is 5.84 Å². The van der Waals surface area contributed by atoms with Crippen LogP contribution in [0.25, 0.3) is 0 Å². The van der Waals surface area contributed by atoms with E-state index in [9.17, 15) is 0 Å². The van der Waals surface area contributed by atoms with Gasteiger partial charge in [-0.15, -0.1) is 0 Å². The minimum absolute atomic E-state index is 0.762. The molecular formula is C5H8N4. The van der Waals surface area contributed by atoms with Gasteiger partial charge in [0.2, 0.25) is 0 Å². The predicted octanol–water partition coefficient (Wildman–Crippen LogP) is -0.287. The van der Waals surface area contributed by atoms with Crippen molar-refractivity contribution in [2.45, 2.75) is 0 Å². The molecule has 0 aliphatic rings. The van der Waals surface area contributed by atoms with Gasteiger partial charge in [0.05, 0.1) is 6.21 Å². The van der Waals surface area contributed by atoms with E-state index >= 15 is 0 Å². The van der Waals surface area contributed by atoms with Gasteiger partial charge in [-0.3, -0.25) is 0 Å². The maximum atomic E-state index is 4.90. The highest BCUT2D eigenvalue weighted by atomic mass is 15.1. The maximum Gasteiger partial charge on any atom is 0.152 e. The first-order valence-electron chi connectivity index (χ1n) is 2.55. The lowest BCUT2D eigenvalue weighted by Gasteiger charge is -1.89. The highest BCUT2D eigenvalue weighted by Crippen LogP contribution is 1.87. The van der Waals surface area contributed by atoms with E-state index in [1.54, 1.807) is 6.20 Å². The standard InChI is InChI=1S/C5H8N4/c1-9-3-2-7-5(9)4-8-6/h2-4H,6H2,1H3. The molecule has 1 aromatic heterocycles. The summed E-state index contributed by atoms with van der Waals surface area (Å²) >= 11 is 0. The fourth-order valence-corrected chi connectivity index (χ4v) is 0.568. The van der Waals surface area contributed by atoms with Gasteiger partial charge < -0.3 is 10.4 Å². The van der Waals surface area contributed by atoms with Crippen LogP contribution in [0, 0.1) is 0 Å². The number of nitrogens with two attached hydrogens (primary N) is 1. The number of aryl methyl sites for hydroxylation is 1. The third-order valence-electron chi connectivity index (χ3n) is 1.05. The number of imidazole rings is 1. The van der Waals surface area contributed by atoms with Crippen LogP contribution in [-0.4, -0.2) is 15.8 Å². The van der Waals surface area contributed by atoms with Crippen LogP contribution in [-0.2, 0) is 7.05 Å². The van der Waals surface area contributed by atoms with Crippen LogP contribution >= 0.6 is 0 Å². The summed E-state index contributed by atoms with van der Waals surface area (Å²) in [6.07, 6.45) is 5.02. The van der Waals surface area contributed by atoms with Gasteiger partial charge in [-0.2, -0.15) is 5.10 Å². The Balaban J connectivity index is 2.94. The van der Waals surface area contributed by atoms with Crippen LogP contribution in [0.15, 0.2) is 17.5 Å². The fraction of sp³-hybridized carbons (Fsp3) is 0.200. The average molecular weight is 124 g/mol. The molecule has 0 unspecified atom stereocenters. The van der Waals surface area contributed by atoms with Crippen LogP contribution in [0.5, 0.6) is 0 Å². The molecule has 2 N–H and O–H groups in total. The first kappa shape index (κ1) is 5.81. The van der Waals surface area contributed by atoms with E-state index < -0.39 is 0 Å². The summed E-state index contributed by atoms with van der Waals surface area (Å²) in [5, 5.41) is 3.33. The van der Waals surface area contributed by atoms with E-state index in [2.05, 4.69) is 10.1 Å². The second kappa shape index (κ2) is 2.30. The molecule has 0 saturated heterocycles. The predicted molar refractivity (Wildman–Crippen MR) is 35.0 cm³/mol. The Morgan fingerprint density at radius 3 is 3.11 bits per heavy atom. The molecule has 0 saturated carbocycles. The third kappa shape index (κ3) is 1.07. The van der Waals surface area contributed by atoms with E-state index in [0.29, 0.717) is 0 Å². The molecule has 0 spiro atoms. The zero-order valence-corrected chi connectivity index (χ0v) is 5.15. The number of nitrogens with zero attached hydrogens (tertiary/aromatic N) is 3. The summed E-state index contributed by atoms with van der Waals surface area (Å²) in [6, 6.07) is 0. The normalized spacial score (nSPS) is 10.8. The van der Waals surface area contributed by atoms with E-state index in [1.807, 2.05) is 17.8 Å². The van der Waals surface area contributed by atoms with Crippen LogP contribution in [0.3, 0.4) is 0 Å². The molecule has 9 heavy (non-hydrogen) atoms. The zero-order chi connectivity index (χ0) is 6.69. The van der Waals surface area contributed by atoms with Crippen LogP contribution in [0.4, 0.5) is 0 Å². The van der Waals surface area contributed by atoms with Gasteiger partial charge in [-0.1, -0.05) is 0 Å². The number of hydrogen-bond acceptors (Lipinski definition) is 3. The van der Waals surface area contributed by atoms with Crippen LogP contribution in [0.2, 0.25) is 0 Å². The Morgan fingerprint density at radius 2 is 2.67 bits per heavy atom. The topological polar surface area (TPSA) is 56.2 Å². The quantitative estimate of drug-likeness (QED) is 0.318. The van der Waals surface area contributed by atoms with E-state index in [-0.39, 0.29) is 0 Å². The Morgan fingerprint density at radius 1 is 1.89 bits per heavy atom. The molecule has 1 heterocycles. The molecule has 48 valence electrons. The summed E-state index contributed by atoms with van der Waals surface area (Å²) in [5.41, 5.74) is 0. The number of hydrazone groups is 1. The molecule has 0 atom stereocenters. The Bertz CT molecular complexity index is 212. The van der Waals surface area contributed by atoms with Gasteiger partial charge in [0.1, 0.15) is 0 Å². The Hall–Kier alpha value is -1.32. The van der Waals surface area contributed by atoms with Crippen molar-refractivity contribution in [1.29, 1.82) is 0 Å². The van der Waals surface area contributed by atoms with E-state index in [0.717, 1.165) is 5.82 Å². The molecule has 4 nitrogen and oxygen atoms in total. The lowest BCUT2D eigenvalue weighted by Crippen LogP contribution is -1.96. The lowest BCUT2D eigenvalue weighted by molar-refractivity contribution is 0.900. The third-order valence-corrected chi connectivity index (χ3v) is 1.05. The van der Waals surface area contributed by atoms with Crippen molar-refractivity contribution in [3.05, 3.63) is 18.2 Å². The summed E-state index contributed by atoms with van der Waals surface area (Å²) < 4.78 is 1.83. The summed E-state index contributed by atoms with van der Waals surface area (Å²) in [6.45, 7) is 0. The monoisotopic (exact) mass is 124 g/mol. The molecular weight excluding hydrogens is 116 g/mol. The molecule has 0 radical (unpaired) electrons. The molecule has 0 aromatic carbocycles. The summed E-state index contributed by atoms with van der Waals surface area (Å²) in [7, 11) is 1.88. The smallest absolute Gasteiger partial charge is 0.152 e. The first-order chi connectivity index (χ1) is 4.34. The van der Waals surface area contributed by atoms with Crippen molar-refractivity contribution < 1.29 is 0 Å². The lowest BCUT2D eigenvalue weighted by atomic mass is 10.7. The molecule has 4 heteroatoms. The Kier molecular flexibility index (Phi) is 1.48. The highest BCUT2D eigenvalue weighted by molar-refractivity contribution is 5.74. The summed E-state index contributed by atoms with van der Waals surface area (Å²) in [4.78, 5) is 3.94. The van der Waals surface area contributed by atoms with Gasteiger partial charge in [0.15, 0.2) is 5.82 Å². The first-order valence-corrected chi connectivity index (χ1v) is 2.55. The molecule has 0 fully saturated rings. The van der Waals surface area contributed by atoms with Crippen molar-refractivity contribution in [2.75, 3.05) is 0 Å². The van der Waals surface area contributed by atoms with Crippen molar-refractivity contribution in [3.8, 4) is 0 Å². The minimum atomic E-state index is 0.762. The molecule has 0 aliphatic heterocycles. The summed E-state index contributed by atoms with van der Waals surface area (Å²) in [5.74, 6) is 5.67. The van der Waals surface area contributed by atoms with Crippen molar-refractivity contribution >= 4 is 6.21 Å². The molecule has 1 rings (SSSR count). The molecule has 1 aromatic rings. The maximum absolute atomic E-state index is 4.90. The van der Waals surface area contributed by atoms with Crippen LogP contribution in [0.1, 0.15) is 5.82 Å². The van der Waals surface area contributed by atoms with Crippen LogP contribution < -0.4 is 5.84 Å². The Labute approximate surface area is 53.0 Å². The van der Waals surface area contributed by atoms with E-state index in [1.165, 1.54) is 6.21 Å². The largest absolute Gasteiger partial charge is 0.333 e. The van der Waals surface area contributed by atoms with Gasteiger partial charge in [-0.05, 0) is 0 Å². The number of hydrogen-bond donors (Lipinski definition) is 1. The molecule has 0 amide bonds. The second-order valence-electron chi connectivity index (χ2n) is 1.67. The van der Waals surface area contributed by atoms with Crippen molar-refractivity contribution in [1.82, 2.24) is 9.55 Å². The average Bonchev–Trinajstić information content (AvgIpc) is 2.18. The molecule has 0 bridgehead atoms. The number of aromatic nitrogens is 2. The second-order valence-corrected chi connectivity index (χ2v) is 1.67. The number of rotatable bonds is 1. The van der Waals surface area contributed by atoms with Gasteiger partial charge in [-0.25, -0.2) is 4.98 Å². The highest BCUT2D eigenvalue weighted by Gasteiger charge is 1.90. The van der Waals surface area contributed by atoms with Gasteiger partial charge in [0, 0.05) is 19.4 Å². The molecule has 0 aliphatic carbocycles. The SMILES string of the molecule is Cn1ccnc1C=NN.